The molecule has 0 fully saturated rings. The van der Waals surface area contributed by atoms with Crippen LogP contribution in [0.3, 0.4) is 0 Å². The summed E-state index contributed by atoms with van der Waals surface area (Å²) in [7, 11) is -3.69. The van der Waals surface area contributed by atoms with Gasteiger partial charge in [0.1, 0.15) is 4.90 Å². The van der Waals surface area contributed by atoms with Gasteiger partial charge in [0.15, 0.2) is 0 Å². The predicted octanol–water partition coefficient (Wildman–Crippen LogP) is 4.50. The summed E-state index contributed by atoms with van der Waals surface area (Å²) in [6.07, 6.45) is 0. The first-order chi connectivity index (χ1) is 12.2. The van der Waals surface area contributed by atoms with E-state index in [0.29, 0.717) is 21.2 Å². The molecule has 0 radical (unpaired) electrons. The van der Waals surface area contributed by atoms with E-state index in [1.54, 1.807) is 24.3 Å². The third kappa shape index (κ3) is 3.57. The third-order valence-electron chi connectivity index (χ3n) is 4.34. The number of benzene rings is 1. The largest absolute Gasteiger partial charge is 0.282 e. The quantitative estimate of drug-likeness (QED) is 0.651. The summed E-state index contributed by atoms with van der Waals surface area (Å²) in [6, 6.07) is 7.09. The molecule has 2 aromatic heterocycles. The normalized spacial score (nSPS) is 11.9. The van der Waals surface area contributed by atoms with Crippen LogP contribution < -0.4 is 4.72 Å². The van der Waals surface area contributed by atoms with Crippen molar-refractivity contribution in [2.45, 2.75) is 39.1 Å². The number of aromatic nitrogens is 2. The summed E-state index contributed by atoms with van der Waals surface area (Å²) >= 11 is 7.35. The summed E-state index contributed by atoms with van der Waals surface area (Å²) in [5, 5.41) is 7.90. The fourth-order valence-corrected chi connectivity index (χ4v) is 5.84. The molecule has 3 rings (SSSR count). The van der Waals surface area contributed by atoms with E-state index in [9.17, 15) is 8.42 Å². The van der Waals surface area contributed by atoms with Crippen LogP contribution in [0.2, 0.25) is 5.02 Å². The third-order valence-corrected chi connectivity index (χ3v) is 7.32. The smallest absolute Gasteiger partial charge is 0.242 e. The number of H-pyrrole nitrogens is 1. The van der Waals surface area contributed by atoms with Gasteiger partial charge in [-0.1, -0.05) is 23.7 Å². The predicted molar refractivity (Wildman–Crippen MR) is 106 cm³/mol. The van der Waals surface area contributed by atoms with Crippen molar-refractivity contribution in [3.63, 3.8) is 0 Å². The number of nitrogens with zero attached hydrogens (tertiary/aromatic N) is 1. The standard InChI is InChI=1S/C18H20ClN3O2S2/c1-10-11(2)21-22-17(10)16-12(3)25-13(4)18(16)26(23,24)20-9-14-5-7-15(19)8-6-14/h5-8,20H,9H2,1-4H3,(H,21,22). The number of nitrogens with one attached hydrogen (secondary N) is 2. The van der Waals surface area contributed by atoms with Gasteiger partial charge in [-0.2, -0.15) is 5.10 Å². The number of aryl methyl sites for hydroxylation is 3. The molecule has 5 nitrogen and oxygen atoms in total. The zero-order valence-electron chi connectivity index (χ0n) is 15.0. The van der Waals surface area contributed by atoms with E-state index < -0.39 is 10.0 Å². The number of hydrogen-bond donors (Lipinski definition) is 2. The highest BCUT2D eigenvalue weighted by atomic mass is 35.5. The molecule has 0 aliphatic heterocycles. The van der Waals surface area contributed by atoms with Crippen LogP contribution in [-0.2, 0) is 16.6 Å². The SMILES string of the molecule is Cc1[nH]nc(-c2c(C)sc(C)c2S(=O)(=O)NCc2ccc(Cl)cc2)c1C. The van der Waals surface area contributed by atoms with Gasteiger partial charge in [0.2, 0.25) is 10.0 Å². The highest BCUT2D eigenvalue weighted by Gasteiger charge is 2.28. The minimum absolute atomic E-state index is 0.200. The molecular weight excluding hydrogens is 390 g/mol. The Bertz CT molecular complexity index is 1050. The fraction of sp³-hybridized carbons (Fsp3) is 0.278. The molecular formula is C18H20ClN3O2S2. The van der Waals surface area contributed by atoms with E-state index in [1.165, 1.54) is 11.3 Å². The van der Waals surface area contributed by atoms with Crippen molar-refractivity contribution in [1.29, 1.82) is 0 Å². The van der Waals surface area contributed by atoms with Gasteiger partial charge in [-0.3, -0.25) is 5.10 Å². The van der Waals surface area contributed by atoms with E-state index in [1.807, 2.05) is 27.7 Å². The summed E-state index contributed by atoms with van der Waals surface area (Å²) in [4.78, 5) is 1.99. The number of thiophene rings is 1. The summed E-state index contributed by atoms with van der Waals surface area (Å²) in [5.74, 6) is 0. The first-order valence-electron chi connectivity index (χ1n) is 8.06. The van der Waals surface area contributed by atoms with Crippen LogP contribution in [0.4, 0.5) is 0 Å². The Morgan fingerprint density at radius 3 is 2.35 bits per heavy atom. The van der Waals surface area contributed by atoms with E-state index in [-0.39, 0.29) is 6.54 Å². The van der Waals surface area contributed by atoms with Gasteiger partial charge in [-0.15, -0.1) is 11.3 Å². The molecule has 0 saturated heterocycles. The van der Waals surface area contributed by atoms with Crippen LogP contribution >= 0.6 is 22.9 Å². The fourth-order valence-electron chi connectivity index (χ4n) is 2.84. The Kier molecular flexibility index (Phi) is 5.25. The van der Waals surface area contributed by atoms with Crippen molar-refractivity contribution in [2.75, 3.05) is 0 Å². The van der Waals surface area contributed by atoms with Crippen LogP contribution in [-0.4, -0.2) is 18.6 Å². The Morgan fingerprint density at radius 1 is 1.12 bits per heavy atom. The Balaban J connectivity index is 2.00. The Labute approximate surface area is 162 Å². The molecule has 0 unspecified atom stereocenters. The topological polar surface area (TPSA) is 74.8 Å². The molecule has 1 aromatic carbocycles. The van der Waals surface area contributed by atoms with E-state index in [2.05, 4.69) is 14.9 Å². The summed E-state index contributed by atoms with van der Waals surface area (Å²) in [5.41, 5.74) is 4.10. The average molecular weight is 410 g/mol. The second-order valence-electron chi connectivity index (χ2n) is 6.19. The first kappa shape index (κ1) is 19.1. The molecule has 0 saturated carbocycles. The highest BCUT2D eigenvalue weighted by Crippen LogP contribution is 2.39. The Hall–Kier alpha value is -1.67. The molecule has 138 valence electrons. The van der Waals surface area contributed by atoms with E-state index >= 15 is 0 Å². The molecule has 0 amide bonds. The van der Waals surface area contributed by atoms with Crippen LogP contribution in [0.1, 0.15) is 26.6 Å². The van der Waals surface area contributed by atoms with Gasteiger partial charge < -0.3 is 0 Å². The molecule has 2 N–H and O–H groups in total. The lowest BCUT2D eigenvalue weighted by atomic mass is 10.1. The molecule has 0 spiro atoms. The molecule has 26 heavy (non-hydrogen) atoms. The average Bonchev–Trinajstić information content (AvgIpc) is 3.06. The number of hydrogen-bond acceptors (Lipinski definition) is 4. The van der Waals surface area contributed by atoms with Crippen molar-refractivity contribution < 1.29 is 8.42 Å². The number of sulfonamides is 1. The van der Waals surface area contributed by atoms with Crippen LogP contribution in [0.5, 0.6) is 0 Å². The maximum Gasteiger partial charge on any atom is 0.242 e. The number of rotatable bonds is 5. The lowest BCUT2D eigenvalue weighted by molar-refractivity contribution is 0.581. The lowest BCUT2D eigenvalue weighted by Crippen LogP contribution is -2.24. The Morgan fingerprint density at radius 2 is 1.77 bits per heavy atom. The highest BCUT2D eigenvalue weighted by molar-refractivity contribution is 7.89. The van der Waals surface area contributed by atoms with Gasteiger partial charge in [0.25, 0.3) is 0 Å². The van der Waals surface area contributed by atoms with Crippen molar-refractivity contribution in [3.8, 4) is 11.3 Å². The van der Waals surface area contributed by atoms with Gasteiger partial charge in [-0.25, -0.2) is 13.1 Å². The monoisotopic (exact) mass is 409 g/mol. The number of aromatic amines is 1. The van der Waals surface area contributed by atoms with Crippen LogP contribution in [0.25, 0.3) is 11.3 Å². The lowest BCUT2D eigenvalue weighted by Gasteiger charge is -2.10. The second-order valence-corrected chi connectivity index (χ2v) is 9.76. The molecule has 0 atom stereocenters. The van der Waals surface area contributed by atoms with Crippen molar-refractivity contribution in [3.05, 3.63) is 55.9 Å². The van der Waals surface area contributed by atoms with E-state index in [4.69, 9.17) is 11.6 Å². The second kappa shape index (κ2) is 7.15. The molecule has 0 aliphatic rings. The van der Waals surface area contributed by atoms with Gasteiger partial charge in [-0.05, 0) is 51.0 Å². The maximum absolute atomic E-state index is 13.1. The molecule has 8 heteroatoms. The van der Waals surface area contributed by atoms with E-state index in [0.717, 1.165) is 26.6 Å². The molecule has 2 heterocycles. The summed E-state index contributed by atoms with van der Waals surface area (Å²) < 4.78 is 28.8. The van der Waals surface area contributed by atoms with Gasteiger partial charge in [0.05, 0.1) is 5.69 Å². The zero-order valence-corrected chi connectivity index (χ0v) is 17.4. The van der Waals surface area contributed by atoms with Crippen LogP contribution in [0, 0.1) is 27.7 Å². The molecule has 0 aliphatic carbocycles. The summed E-state index contributed by atoms with van der Waals surface area (Å²) in [6.45, 7) is 7.82. The maximum atomic E-state index is 13.1. The van der Waals surface area contributed by atoms with Crippen molar-refractivity contribution in [2.24, 2.45) is 0 Å². The van der Waals surface area contributed by atoms with Gasteiger partial charge in [0, 0.05) is 32.6 Å². The minimum Gasteiger partial charge on any atom is -0.282 e. The molecule has 0 bridgehead atoms. The zero-order chi connectivity index (χ0) is 19.1. The molecule has 3 aromatic rings. The first-order valence-corrected chi connectivity index (χ1v) is 10.7. The number of halogens is 1. The van der Waals surface area contributed by atoms with Gasteiger partial charge >= 0.3 is 0 Å². The van der Waals surface area contributed by atoms with Crippen molar-refractivity contribution >= 4 is 33.0 Å². The van der Waals surface area contributed by atoms with Crippen molar-refractivity contribution in [1.82, 2.24) is 14.9 Å². The minimum atomic E-state index is -3.69. The van der Waals surface area contributed by atoms with Crippen LogP contribution in [0.15, 0.2) is 29.2 Å².